The first-order chi connectivity index (χ1) is 12.5. The minimum absolute atomic E-state index is 0.0132. The van der Waals surface area contributed by atoms with Gasteiger partial charge in [-0.05, 0) is 48.5 Å². The van der Waals surface area contributed by atoms with Gasteiger partial charge in [-0.15, -0.1) is 0 Å². The van der Waals surface area contributed by atoms with Gasteiger partial charge in [-0.25, -0.2) is 12.8 Å². The van der Waals surface area contributed by atoms with Crippen molar-refractivity contribution in [3.05, 3.63) is 84.4 Å². The van der Waals surface area contributed by atoms with Crippen LogP contribution in [0, 0.1) is 5.82 Å². The third-order valence-corrected chi connectivity index (χ3v) is 5.56. The van der Waals surface area contributed by atoms with Crippen LogP contribution in [0.4, 0.5) is 10.1 Å². The summed E-state index contributed by atoms with van der Waals surface area (Å²) in [5.74, 6) is -0.0911. The Morgan fingerprint density at radius 2 is 1.69 bits per heavy atom. The summed E-state index contributed by atoms with van der Waals surface area (Å²) in [5, 5.41) is 0. The van der Waals surface area contributed by atoms with E-state index in [0.29, 0.717) is 17.1 Å². The van der Waals surface area contributed by atoms with Crippen molar-refractivity contribution in [2.45, 2.75) is 11.4 Å². The summed E-state index contributed by atoms with van der Waals surface area (Å²) >= 11 is 0. The van der Waals surface area contributed by atoms with Gasteiger partial charge in [0.1, 0.15) is 11.6 Å². The maximum Gasteiger partial charge on any atom is 0.264 e. The number of hydrogen-bond acceptors (Lipinski definition) is 4. The lowest BCUT2D eigenvalue weighted by atomic mass is 10.2. The van der Waals surface area contributed by atoms with Crippen LogP contribution in [0.5, 0.6) is 5.75 Å². The molecule has 0 saturated heterocycles. The number of hydrogen-bond donors (Lipinski definition) is 0. The number of methoxy groups -OCH3 is 1. The molecule has 3 aromatic rings. The molecule has 2 aromatic carbocycles. The van der Waals surface area contributed by atoms with E-state index in [0.717, 1.165) is 12.1 Å². The maximum atomic E-state index is 13.2. The molecule has 0 bridgehead atoms. The largest absolute Gasteiger partial charge is 0.495 e. The third-order valence-electron chi connectivity index (χ3n) is 3.79. The highest BCUT2D eigenvalue weighted by Crippen LogP contribution is 2.33. The lowest BCUT2D eigenvalue weighted by molar-refractivity contribution is 0.415. The molecule has 1 heterocycles. The number of nitrogens with zero attached hydrogens (tertiary/aromatic N) is 2. The molecule has 134 valence electrons. The molecule has 1 aromatic heterocycles. The molecule has 0 fully saturated rings. The first-order valence-electron chi connectivity index (χ1n) is 7.83. The standard InChI is InChI=1S/C19H17FN2O3S/c1-25-19-8-3-2-7-18(19)22(14-16-6-4-5-13-21-16)26(23,24)17-11-9-15(20)10-12-17/h2-13H,14H2,1H3. The van der Waals surface area contributed by atoms with E-state index in [4.69, 9.17) is 4.74 Å². The molecule has 3 rings (SSSR count). The van der Waals surface area contributed by atoms with Crippen LogP contribution in [0.25, 0.3) is 0 Å². The van der Waals surface area contributed by atoms with Crippen LogP contribution in [0.1, 0.15) is 5.69 Å². The average Bonchev–Trinajstić information content (AvgIpc) is 2.67. The van der Waals surface area contributed by atoms with Crippen LogP contribution in [0.15, 0.2) is 77.8 Å². The molecule has 0 atom stereocenters. The maximum absolute atomic E-state index is 13.2. The second-order valence-electron chi connectivity index (χ2n) is 5.46. The van der Waals surface area contributed by atoms with Crippen molar-refractivity contribution < 1.29 is 17.5 Å². The van der Waals surface area contributed by atoms with Gasteiger partial charge in [-0.1, -0.05) is 18.2 Å². The van der Waals surface area contributed by atoms with E-state index in [9.17, 15) is 12.8 Å². The summed E-state index contributed by atoms with van der Waals surface area (Å²) in [5.41, 5.74) is 0.953. The van der Waals surface area contributed by atoms with Gasteiger partial charge in [0.15, 0.2) is 0 Å². The van der Waals surface area contributed by atoms with Crippen molar-refractivity contribution in [3.8, 4) is 5.75 Å². The summed E-state index contributed by atoms with van der Waals surface area (Å²) in [6, 6.07) is 16.8. The van der Waals surface area contributed by atoms with Gasteiger partial charge < -0.3 is 4.74 Å². The monoisotopic (exact) mass is 372 g/mol. The molecule has 26 heavy (non-hydrogen) atoms. The van der Waals surface area contributed by atoms with Gasteiger partial charge in [0.2, 0.25) is 0 Å². The van der Waals surface area contributed by atoms with Gasteiger partial charge in [0.05, 0.1) is 29.9 Å². The molecule has 5 nitrogen and oxygen atoms in total. The highest BCUT2D eigenvalue weighted by molar-refractivity contribution is 7.92. The van der Waals surface area contributed by atoms with Crippen molar-refractivity contribution in [1.82, 2.24) is 4.98 Å². The summed E-state index contributed by atoms with van der Waals surface area (Å²) in [6.07, 6.45) is 1.60. The average molecular weight is 372 g/mol. The summed E-state index contributed by atoms with van der Waals surface area (Å²) in [7, 11) is -2.48. The van der Waals surface area contributed by atoms with Crippen LogP contribution in [-0.2, 0) is 16.6 Å². The van der Waals surface area contributed by atoms with Crippen LogP contribution < -0.4 is 9.04 Å². The van der Waals surface area contributed by atoms with E-state index >= 15 is 0 Å². The van der Waals surface area contributed by atoms with Crippen molar-refractivity contribution in [3.63, 3.8) is 0 Å². The third kappa shape index (κ3) is 3.67. The van der Waals surface area contributed by atoms with Gasteiger partial charge in [0, 0.05) is 6.20 Å². The number of para-hydroxylation sites is 2. The van der Waals surface area contributed by atoms with Gasteiger partial charge in [-0.2, -0.15) is 0 Å². The highest BCUT2D eigenvalue weighted by Gasteiger charge is 2.27. The van der Waals surface area contributed by atoms with E-state index < -0.39 is 15.8 Å². The number of pyridine rings is 1. The van der Waals surface area contributed by atoms with Crippen LogP contribution in [-0.4, -0.2) is 20.5 Å². The summed E-state index contributed by atoms with van der Waals surface area (Å²) in [4.78, 5) is 4.20. The zero-order valence-corrected chi connectivity index (χ0v) is 14.9. The number of anilines is 1. The van der Waals surface area contributed by atoms with Crippen molar-refractivity contribution in [1.29, 1.82) is 0 Å². The SMILES string of the molecule is COc1ccccc1N(Cc1ccccn1)S(=O)(=O)c1ccc(F)cc1. The Morgan fingerprint density at radius 1 is 1.00 bits per heavy atom. The molecule has 0 unspecified atom stereocenters. The summed E-state index contributed by atoms with van der Waals surface area (Å²) in [6.45, 7) is 0.0148. The van der Waals surface area contributed by atoms with E-state index in [-0.39, 0.29) is 11.4 Å². The number of halogens is 1. The van der Waals surface area contributed by atoms with Crippen molar-refractivity contribution in [2.24, 2.45) is 0 Å². The van der Waals surface area contributed by atoms with Gasteiger partial charge in [0.25, 0.3) is 10.0 Å². The normalized spacial score (nSPS) is 11.2. The van der Waals surface area contributed by atoms with Crippen LogP contribution in [0.2, 0.25) is 0 Å². The van der Waals surface area contributed by atoms with E-state index in [1.54, 1.807) is 48.7 Å². The first-order valence-corrected chi connectivity index (χ1v) is 9.27. The molecule has 0 aliphatic heterocycles. The number of rotatable bonds is 6. The zero-order chi connectivity index (χ0) is 18.6. The Morgan fingerprint density at radius 3 is 2.35 bits per heavy atom. The fourth-order valence-electron chi connectivity index (χ4n) is 2.51. The Kier molecular flexibility index (Phi) is 5.18. The Balaban J connectivity index is 2.12. The topological polar surface area (TPSA) is 59.5 Å². The fourth-order valence-corrected chi connectivity index (χ4v) is 3.95. The number of aromatic nitrogens is 1. The van der Waals surface area contributed by atoms with Gasteiger partial charge in [-0.3, -0.25) is 9.29 Å². The molecule has 0 spiro atoms. The predicted octanol–water partition coefficient (Wildman–Crippen LogP) is 3.62. The Bertz CT molecular complexity index is 977. The number of ether oxygens (including phenoxy) is 1. The fraction of sp³-hybridized carbons (Fsp3) is 0.105. The smallest absolute Gasteiger partial charge is 0.264 e. The van der Waals surface area contributed by atoms with E-state index in [2.05, 4.69) is 4.98 Å². The minimum Gasteiger partial charge on any atom is -0.495 e. The van der Waals surface area contributed by atoms with Crippen molar-refractivity contribution in [2.75, 3.05) is 11.4 Å². The predicted molar refractivity (Wildman–Crippen MR) is 97.0 cm³/mol. The van der Waals surface area contributed by atoms with Gasteiger partial charge >= 0.3 is 0 Å². The molecule has 7 heteroatoms. The Labute approximate surface area is 151 Å². The first kappa shape index (κ1) is 17.9. The molecular weight excluding hydrogens is 355 g/mol. The molecule has 0 radical (unpaired) electrons. The molecule has 0 aliphatic rings. The number of sulfonamides is 1. The summed E-state index contributed by atoms with van der Waals surface area (Å²) < 4.78 is 46.2. The highest BCUT2D eigenvalue weighted by atomic mass is 32.2. The molecule has 0 saturated carbocycles. The lowest BCUT2D eigenvalue weighted by Gasteiger charge is -2.25. The van der Waals surface area contributed by atoms with E-state index in [1.165, 1.54) is 23.5 Å². The van der Waals surface area contributed by atoms with Crippen LogP contribution >= 0.6 is 0 Å². The molecule has 0 N–H and O–H groups in total. The minimum atomic E-state index is -3.96. The molecular formula is C19H17FN2O3S. The molecule has 0 amide bonds. The second-order valence-corrected chi connectivity index (χ2v) is 7.32. The molecule has 0 aliphatic carbocycles. The van der Waals surface area contributed by atoms with Crippen molar-refractivity contribution >= 4 is 15.7 Å². The lowest BCUT2D eigenvalue weighted by Crippen LogP contribution is -2.31. The second kappa shape index (κ2) is 7.53. The Hall–Kier alpha value is -2.93. The number of benzene rings is 2. The van der Waals surface area contributed by atoms with Crippen LogP contribution in [0.3, 0.4) is 0 Å². The zero-order valence-electron chi connectivity index (χ0n) is 14.0. The quantitative estimate of drug-likeness (QED) is 0.663. The van der Waals surface area contributed by atoms with E-state index in [1.807, 2.05) is 0 Å².